The maximum absolute atomic E-state index is 6.18. The second-order valence-electron chi connectivity index (χ2n) is 7.27. The molecular formula is C26H17ClN2S. The first-order valence-corrected chi connectivity index (χ1v) is 11.0. The monoisotopic (exact) mass is 424 g/mol. The number of nitrogens with one attached hydrogen (secondary N) is 1. The molecule has 1 aliphatic heterocycles. The molecule has 0 unspecified atom stereocenters. The lowest BCUT2D eigenvalue weighted by Gasteiger charge is -2.33. The Labute approximate surface area is 184 Å². The van der Waals surface area contributed by atoms with Gasteiger partial charge in [0.2, 0.25) is 0 Å². The van der Waals surface area contributed by atoms with Crippen molar-refractivity contribution in [3.05, 3.63) is 102 Å². The van der Waals surface area contributed by atoms with Crippen molar-refractivity contribution < 1.29 is 0 Å². The normalized spacial score (nSPS) is 12.6. The molecule has 0 saturated heterocycles. The molecule has 0 spiro atoms. The third-order valence-corrected chi connectivity index (χ3v) is 6.85. The molecule has 0 aliphatic carbocycles. The fraction of sp³-hybridized carbons (Fsp3) is 0. The third-order valence-electron chi connectivity index (χ3n) is 5.47. The number of para-hydroxylation sites is 3. The van der Waals surface area contributed by atoms with Gasteiger partial charge < -0.3 is 9.88 Å². The third kappa shape index (κ3) is 2.74. The molecule has 0 fully saturated rings. The Bertz CT molecular complexity index is 1340. The molecule has 0 saturated carbocycles. The molecule has 0 atom stereocenters. The number of aromatic nitrogens is 1. The average Bonchev–Trinajstić information content (AvgIpc) is 3.17. The summed E-state index contributed by atoms with van der Waals surface area (Å²) in [4.78, 5) is 8.57. The summed E-state index contributed by atoms with van der Waals surface area (Å²) >= 11 is 8.00. The second-order valence-corrected chi connectivity index (χ2v) is 8.79. The maximum Gasteiger partial charge on any atom is 0.0797 e. The van der Waals surface area contributed by atoms with Crippen molar-refractivity contribution in [2.24, 2.45) is 0 Å². The first-order valence-electron chi connectivity index (χ1n) is 9.82. The van der Waals surface area contributed by atoms with E-state index >= 15 is 0 Å². The number of anilines is 3. The summed E-state index contributed by atoms with van der Waals surface area (Å²) in [5, 5.41) is 1.93. The Morgan fingerprint density at radius 3 is 1.97 bits per heavy atom. The van der Waals surface area contributed by atoms with Gasteiger partial charge in [-0.05, 0) is 42.5 Å². The highest BCUT2D eigenvalue weighted by Gasteiger charge is 2.28. The molecule has 1 aromatic heterocycles. The molecule has 6 rings (SSSR count). The van der Waals surface area contributed by atoms with Crippen LogP contribution in [0.2, 0.25) is 5.02 Å². The summed E-state index contributed by atoms with van der Waals surface area (Å²) in [6.07, 6.45) is 0. The SMILES string of the molecule is Clc1ccc(-c2[nH]c3ccccc3c2N2c3ccccc3Sc3ccccc32)cc1. The van der Waals surface area contributed by atoms with Gasteiger partial charge in [-0.15, -0.1) is 0 Å². The van der Waals surface area contributed by atoms with Crippen molar-refractivity contribution in [2.75, 3.05) is 4.90 Å². The van der Waals surface area contributed by atoms with Crippen LogP contribution in [0.25, 0.3) is 22.2 Å². The van der Waals surface area contributed by atoms with Gasteiger partial charge in [0.25, 0.3) is 0 Å². The van der Waals surface area contributed by atoms with Gasteiger partial charge >= 0.3 is 0 Å². The number of rotatable bonds is 2. The van der Waals surface area contributed by atoms with Crippen molar-refractivity contribution in [2.45, 2.75) is 9.79 Å². The predicted octanol–water partition coefficient (Wildman–Crippen LogP) is 8.42. The van der Waals surface area contributed by atoms with Crippen LogP contribution < -0.4 is 4.90 Å². The standard InChI is InChI=1S/C26H17ClN2S/c27-18-15-13-17(14-16-18)25-26(19-7-1-2-8-20(19)28-25)29-21-9-3-5-11-23(21)30-24-12-6-4-10-22(24)29/h1-16,28H. The molecule has 30 heavy (non-hydrogen) atoms. The number of benzene rings is 4. The Morgan fingerprint density at radius 1 is 0.667 bits per heavy atom. The summed E-state index contributed by atoms with van der Waals surface area (Å²) < 4.78 is 0. The highest BCUT2D eigenvalue weighted by molar-refractivity contribution is 7.99. The zero-order valence-electron chi connectivity index (χ0n) is 16.0. The van der Waals surface area contributed by atoms with Crippen LogP contribution in [0, 0.1) is 0 Å². The van der Waals surface area contributed by atoms with Crippen LogP contribution in [-0.4, -0.2) is 4.98 Å². The average molecular weight is 425 g/mol. The summed E-state index contributed by atoms with van der Waals surface area (Å²) in [5.74, 6) is 0. The van der Waals surface area contributed by atoms with Gasteiger partial charge in [0.1, 0.15) is 0 Å². The summed E-state index contributed by atoms with van der Waals surface area (Å²) in [6, 6.07) is 33.7. The lowest BCUT2D eigenvalue weighted by molar-refractivity contribution is 1.17. The summed E-state index contributed by atoms with van der Waals surface area (Å²) in [6.45, 7) is 0. The molecule has 1 N–H and O–H groups in total. The van der Waals surface area contributed by atoms with E-state index in [1.54, 1.807) is 0 Å². The molecule has 0 amide bonds. The van der Waals surface area contributed by atoms with E-state index in [2.05, 4.69) is 94.8 Å². The maximum atomic E-state index is 6.18. The van der Waals surface area contributed by atoms with Crippen molar-refractivity contribution in [1.29, 1.82) is 0 Å². The van der Waals surface area contributed by atoms with E-state index in [0.717, 1.165) is 27.5 Å². The van der Waals surface area contributed by atoms with Crippen LogP contribution in [0.5, 0.6) is 0 Å². The Morgan fingerprint density at radius 2 is 1.27 bits per heavy atom. The van der Waals surface area contributed by atoms with E-state index in [9.17, 15) is 0 Å². The molecule has 4 heteroatoms. The zero-order chi connectivity index (χ0) is 20.1. The lowest BCUT2D eigenvalue weighted by Crippen LogP contribution is -2.15. The highest BCUT2D eigenvalue weighted by atomic mass is 35.5. The fourth-order valence-electron chi connectivity index (χ4n) is 4.13. The number of fused-ring (bicyclic) bond motifs is 3. The Kier molecular flexibility index (Phi) is 4.12. The Hall–Kier alpha value is -3.14. The van der Waals surface area contributed by atoms with Crippen molar-refractivity contribution >= 4 is 51.3 Å². The van der Waals surface area contributed by atoms with E-state index in [4.69, 9.17) is 11.6 Å². The van der Waals surface area contributed by atoms with Crippen LogP contribution >= 0.6 is 23.4 Å². The molecule has 0 radical (unpaired) electrons. The van der Waals surface area contributed by atoms with E-state index in [1.807, 2.05) is 23.9 Å². The van der Waals surface area contributed by atoms with Crippen molar-refractivity contribution in [3.63, 3.8) is 0 Å². The van der Waals surface area contributed by atoms with Gasteiger partial charge in [-0.1, -0.05) is 78.0 Å². The molecular weight excluding hydrogens is 408 g/mol. The largest absolute Gasteiger partial charge is 0.353 e. The Balaban J connectivity index is 1.70. The van der Waals surface area contributed by atoms with E-state index in [1.165, 1.54) is 26.6 Å². The number of halogens is 1. The summed E-state index contributed by atoms with van der Waals surface area (Å²) in [5.41, 5.74) is 6.87. The van der Waals surface area contributed by atoms with Crippen LogP contribution in [0.3, 0.4) is 0 Å². The topological polar surface area (TPSA) is 19.0 Å². The molecule has 2 nitrogen and oxygen atoms in total. The van der Waals surface area contributed by atoms with Gasteiger partial charge in [-0.3, -0.25) is 0 Å². The molecule has 1 aliphatic rings. The van der Waals surface area contributed by atoms with Crippen molar-refractivity contribution in [1.82, 2.24) is 4.98 Å². The van der Waals surface area contributed by atoms with Gasteiger partial charge in [-0.2, -0.15) is 0 Å². The molecule has 0 bridgehead atoms. The lowest BCUT2D eigenvalue weighted by atomic mass is 10.1. The number of hydrogen-bond acceptors (Lipinski definition) is 2. The molecule has 144 valence electrons. The number of H-pyrrole nitrogens is 1. The van der Waals surface area contributed by atoms with E-state index < -0.39 is 0 Å². The first-order chi connectivity index (χ1) is 14.8. The van der Waals surface area contributed by atoms with Crippen LogP contribution in [0.4, 0.5) is 17.1 Å². The predicted molar refractivity (Wildman–Crippen MR) is 128 cm³/mol. The number of hydrogen-bond donors (Lipinski definition) is 1. The fourth-order valence-corrected chi connectivity index (χ4v) is 5.31. The van der Waals surface area contributed by atoms with Crippen LogP contribution in [-0.2, 0) is 0 Å². The smallest absolute Gasteiger partial charge is 0.0797 e. The minimum absolute atomic E-state index is 0.737. The van der Waals surface area contributed by atoms with Crippen LogP contribution in [0.1, 0.15) is 0 Å². The van der Waals surface area contributed by atoms with Crippen molar-refractivity contribution in [3.8, 4) is 11.3 Å². The van der Waals surface area contributed by atoms with E-state index in [0.29, 0.717) is 0 Å². The minimum Gasteiger partial charge on any atom is -0.353 e. The highest BCUT2D eigenvalue weighted by Crippen LogP contribution is 2.54. The minimum atomic E-state index is 0.737. The van der Waals surface area contributed by atoms with Gasteiger partial charge in [-0.25, -0.2) is 0 Å². The quantitative estimate of drug-likeness (QED) is 0.300. The van der Waals surface area contributed by atoms with Gasteiger partial charge in [0, 0.05) is 31.3 Å². The molecule has 2 heterocycles. The number of aromatic amines is 1. The molecule has 5 aromatic rings. The number of nitrogens with zero attached hydrogens (tertiary/aromatic N) is 1. The first kappa shape index (κ1) is 17.7. The molecule has 4 aromatic carbocycles. The summed E-state index contributed by atoms with van der Waals surface area (Å²) in [7, 11) is 0. The second kappa shape index (κ2) is 6.98. The van der Waals surface area contributed by atoms with Gasteiger partial charge in [0.15, 0.2) is 0 Å². The zero-order valence-corrected chi connectivity index (χ0v) is 17.5. The van der Waals surface area contributed by atoms with E-state index in [-0.39, 0.29) is 0 Å². The van der Waals surface area contributed by atoms with Gasteiger partial charge in [0.05, 0.1) is 22.8 Å². The van der Waals surface area contributed by atoms with Crippen LogP contribution in [0.15, 0.2) is 107 Å².